The number of nitrogens with two attached hydrogens (primary N) is 1. The molecule has 0 fully saturated rings. The quantitative estimate of drug-likeness (QED) is 0.420. The maximum absolute atomic E-state index is 13.0. The molecule has 0 aliphatic rings. The number of aromatic amines is 1. The van der Waals surface area contributed by atoms with Crippen molar-refractivity contribution in [2.75, 3.05) is 24.3 Å². The van der Waals surface area contributed by atoms with Gasteiger partial charge >= 0.3 is 11.4 Å². The molecule has 3 rings (SSSR count). The van der Waals surface area contributed by atoms with Crippen molar-refractivity contribution in [3.8, 4) is 5.75 Å². The summed E-state index contributed by atoms with van der Waals surface area (Å²) in [5.74, 6) is -0.914. The molecule has 0 bridgehead atoms. The molecule has 0 aliphatic carbocycles. The van der Waals surface area contributed by atoms with E-state index in [0.29, 0.717) is 0 Å². The predicted octanol–water partition coefficient (Wildman–Crippen LogP) is 1.75. The lowest BCUT2D eigenvalue weighted by Crippen LogP contribution is -2.39. The van der Waals surface area contributed by atoms with Crippen molar-refractivity contribution in [1.82, 2.24) is 9.55 Å². The van der Waals surface area contributed by atoms with E-state index >= 15 is 0 Å². The van der Waals surface area contributed by atoms with Crippen LogP contribution in [-0.2, 0) is 6.54 Å². The zero-order valence-corrected chi connectivity index (χ0v) is 17.4. The van der Waals surface area contributed by atoms with Gasteiger partial charge in [-0.2, -0.15) is 0 Å². The minimum atomic E-state index is -0.854. The number of H-pyrrole nitrogens is 1. The number of nitrogens with one attached hydrogen (secondary N) is 1. The van der Waals surface area contributed by atoms with E-state index < -0.39 is 22.1 Å². The number of carbonyl (C=O) groups excluding carboxylic acids is 1. The summed E-state index contributed by atoms with van der Waals surface area (Å²) in [4.78, 5) is 51.6. The molecule has 11 nitrogen and oxygen atoms in total. The Morgan fingerprint density at radius 1 is 1.22 bits per heavy atom. The molecule has 1 amide bonds. The van der Waals surface area contributed by atoms with E-state index in [4.69, 9.17) is 10.5 Å². The molecule has 0 aliphatic heterocycles. The van der Waals surface area contributed by atoms with Crippen LogP contribution in [0.5, 0.6) is 5.75 Å². The Hall–Kier alpha value is -4.41. The highest BCUT2D eigenvalue weighted by Gasteiger charge is 2.25. The molecule has 0 radical (unpaired) electrons. The molecule has 0 saturated carbocycles. The number of amides is 1. The maximum atomic E-state index is 13.0. The van der Waals surface area contributed by atoms with Gasteiger partial charge in [0.15, 0.2) is 11.4 Å². The van der Waals surface area contributed by atoms with Gasteiger partial charge in [0.25, 0.3) is 11.5 Å². The van der Waals surface area contributed by atoms with Crippen LogP contribution < -0.4 is 26.6 Å². The molecular formula is C21H21N5O6. The summed E-state index contributed by atoms with van der Waals surface area (Å²) in [6.45, 7) is 1.96. The van der Waals surface area contributed by atoms with Gasteiger partial charge in [0.05, 0.1) is 18.1 Å². The van der Waals surface area contributed by atoms with Crippen LogP contribution in [0.15, 0.2) is 58.1 Å². The second kappa shape index (κ2) is 9.16. The van der Waals surface area contributed by atoms with Crippen LogP contribution in [0, 0.1) is 10.1 Å². The molecule has 32 heavy (non-hydrogen) atoms. The van der Waals surface area contributed by atoms with Crippen molar-refractivity contribution in [2.24, 2.45) is 0 Å². The number of hydrogen-bond donors (Lipinski definition) is 2. The Morgan fingerprint density at radius 3 is 2.53 bits per heavy atom. The number of rotatable bonds is 7. The molecular weight excluding hydrogens is 418 g/mol. The molecule has 0 unspecified atom stereocenters. The van der Waals surface area contributed by atoms with E-state index in [9.17, 15) is 24.5 Å². The van der Waals surface area contributed by atoms with Crippen LogP contribution in [0.3, 0.4) is 0 Å². The van der Waals surface area contributed by atoms with Gasteiger partial charge in [-0.1, -0.05) is 30.3 Å². The molecule has 1 aromatic heterocycles. The Balaban J connectivity index is 2.03. The minimum Gasteiger partial charge on any atom is -0.487 e. The van der Waals surface area contributed by atoms with Crippen LogP contribution >= 0.6 is 0 Å². The van der Waals surface area contributed by atoms with Crippen LogP contribution in [0.25, 0.3) is 0 Å². The second-order valence-electron chi connectivity index (χ2n) is 6.80. The van der Waals surface area contributed by atoms with Crippen molar-refractivity contribution in [2.45, 2.75) is 13.5 Å². The smallest absolute Gasteiger partial charge is 0.330 e. The molecule has 1 heterocycles. The number of nitro groups is 1. The van der Waals surface area contributed by atoms with Crippen molar-refractivity contribution in [3.63, 3.8) is 0 Å². The lowest BCUT2D eigenvalue weighted by Gasteiger charge is -2.20. The number of nitro benzene ring substituents is 1. The molecule has 3 N–H and O–H groups in total. The van der Waals surface area contributed by atoms with E-state index in [0.717, 1.165) is 21.1 Å². The van der Waals surface area contributed by atoms with Crippen molar-refractivity contribution in [1.29, 1.82) is 0 Å². The number of ether oxygens (including phenoxy) is 1. The normalized spacial score (nSPS) is 10.6. The van der Waals surface area contributed by atoms with E-state index in [2.05, 4.69) is 4.98 Å². The van der Waals surface area contributed by atoms with Crippen molar-refractivity contribution in [3.05, 3.63) is 90.6 Å². The van der Waals surface area contributed by atoms with Gasteiger partial charge in [0.1, 0.15) is 5.82 Å². The van der Waals surface area contributed by atoms with Crippen molar-refractivity contribution >= 4 is 23.1 Å². The van der Waals surface area contributed by atoms with Gasteiger partial charge in [-0.15, -0.1) is 0 Å². The molecule has 0 saturated heterocycles. The summed E-state index contributed by atoms with van der Waals surface area (Å²) in [6, 6.07) is 12.7. The molecule has 2 aromatic carbocycles. The molecule has 0 atom stereocenters. The summed E-state index contributed by atoms with van der Waals surface area (Å²) in [6.07, 6.45) is 0. The van der Waals surface area contributed by atoms with E-state index in [-0.39, 0.29) is 41.7 Å². The lowest BCUT2D eigenvalue weighted by atomic mass is 10.1. The summed E-state index contributed by atoms with van der Waals surface area (Å²) < 4.78 is 6.36. The van der Waals surface area contributed by atoms with E-state index in [1.54, 1.807) is 31.2 Å². The number of hydrogen-bond acceptors (Lipinski definition) is 7. The zero-order chi connectivity index (χ0) is 23.4. The molecule has 0 spiro atoms. The van der Waals surface area contributed by atoms with Gasteiger partial charge in [-0.05, 0) is 24.6 Å². The summed E-state index contributed by atoms with van der Waals surface area (Å²) in [5.41, 5.74) is 4.61. The van der Waals surface area contributed by atoms with Gasteiger partial charge in [0, 0.05) is 18.7 Å². The predicted molar refractivity (Wildman–Crippen MR) is 118 cm³/mol. The van der Waals surface area contributed by atoms with Gasteiger partial charge < -0.3 is 15.4 Å². The Kier molecular flexibility index (Phi) is 6.38. The molecule has 166 valence electrons. The minimum absolute atomic E-state index is 0.0190. The van der Waals surface area contributed by atoms with E-state index in [1.165, 1.54) is 19.2 Å². The third-order valence-corrected chi connectivity index (χ3v) is 4.74. The number of benzene rings is 2. The topological polar surface area (TPSA) is 154 Å². The highest BCUT2D eigenvalue weighted by atomic mass is 16.6. The third-order valence-electron chi connectivity index (χ3n) is 4.74. The Morgan fingerprint density at radius 2 is 1.91 bits per heavy atom. The first-order valence-electron chi connectivity index (χ1n) is 9.60. The average Bonchev–Trinajstić information content (AvgIpc) is 2.77. The summed E-state index contributed by atoms with van der Waals surface area (Å²) in [5, 5.41) is 11.4. The van der Waals surface area contributed by atoms with Crippen LogP contribution in [0.2, 0.25) is 0 Å². The van der Waals surface area contributed by atoms with Crippen LogP contribution in [0.1, 0.15) is 22.8 Å². The highest BCUT2D eigenvalue weighted by Crippen LogP contribution is 2.29. The first-order valence-corrected chi connectivity index (χ1v) is 9.60. The average molecular weight is 439 g/mol. The first-order chi connectivity index (χ1) is 15.2. The van der Waals surface area contributed by atoms with Gasteiger partial charge in [0.2, 0.25) is 0 Å². The number of nitrogens with zero attached hydrogens (tertiary/aromatic N) is 3. The van der Waals surface area contributed by atoms with E-state index in [1.807, 2.05) is 6.07 Å². The summed E-state index contributed by atoms with van der Waals surface area (Å²) >= 11 is 0. The Bertz CT molecular complexity index is 1280. The van der Waals surface area contributed by atoms with Gasteiger partial charge in [-0.3, -0.25) is 29.3 Å². The fourth-order valence-electron chi connectivity index (χ4n) is 3.19. The monoisotopic (exact) mass is 439 g/mol. The van der Waals surface area contributed by atoms with Crippen LogP contribution in [-0.4, -0.2) is 34.0 Å². The number of nitrogen functional groups attached to an aromatic ring is 1. The maximum Gasteiger partial charge on any atom is 0.330 e. The number of aromatic nitrogens is 2. The second-order valence-corrected chi connectivity index (χ2v) is 6.80. The zero-order valence-electron chi connectivity index (χ0n) is 17.4. The molecule has 11 heteroatoms. The molecule has 3 aromatic rings. The fourth-order valence-corrected chi connectivity index (χ4v) is 3.19. The first kappa shape index (κ1) is 22.3. The fraction of sp³-hybridized carbons (Fsp3) is 0.190. The SMILES string of the molecule is CCOc1ccc(C(=O)N(C)c2c(N)n(Cc3ccccc3)c(=O)[nH]c2=O)cc1[N+](=O)[O-]. The summed E-state index contributed by atoms with van der Waals surface area (Å²) in [7, 11) is 1.29. The van der Waals surface area contributed by atoms with Crippen LogP contribution in [0.4, 0.5) is 17.2 Å². The van der Waals surface area contributed by atoms with Gasteiger partial charge in [-0.25, -0.2) is 4.79 Å². The van der Waals surface area contributed by atoms with Crippen molar-refractivity contribution < 1.29 is 14.5 Å². The highest BCUT2D eigenvalue weighted by molar-refractivity contribution is 6.07. The number of anilines is 2. The standard InChI is InChI=1S/C21H21N5O6/c1-3-32-16-10-9-14(11-15(16)26(30)31)20(28)24(2)17-18(22)25(21(29)23-19(17)27)12-13-7-5-4-6-8-13/h4-11H,3,12,22H2,1-2H3,(H,23,27,29). The largest absolute Gasteiger partial charge is 0.487 e. The number of carbonyl (C=O) groups is 1. The Labute approximate surface area is 181 Å². The third kappa shape index (κ3) is 4.36. The lowest BCUT2D eigenvalue weighted by molar-refractivity contribution is -0.385.